The lowest BCUT2D eigenvalue weighted by Crippen LogP contribution is -2.54. The monoisotopic (exact) mass is 373 g/mol. The van der Waals surface area contributed by atoms with Gasteiger partial charge in [-0.25, -0.2) is 4.79 Å². The SMILES string of the molecule is C[C@@H]1NC(=O)[C@@H](N)CSc2nnc(nn2)SC[C@@H](C(=O)O)NC1=O. The normalized spacial score (nSPS) is 26.0. The van der Waals surface area contributed by atoms with E-state index in [2.05, 4.69) is 31.0 Å². The number of nitrogens with two attached hydrogens (primary N) is 1. The van der Waals surface area contributed by atoms with Gasteiger partial charge in [-0.15, -0.1) is 20.4 Å². The molecule has 0 saturated heterocycles. The molecule has 0 aliphatic carbocycles. The van der Waals surface area contributed by atoms with Crippen LogP contribution in [0.5, 0.6) is 0 Å². The molecular weight excluding hydrogens is 358 g/mol. The first-order valence-electron chi connectivity index (χ1n) is 6.79. The second-order valence-corrected chi connectivity index (χ2v) is 6.80. The van der Waals surface area contributed by atoms with E-state index in [0.717, 1.165) is 23.5 Å². The average Bonchev–Trinajstić information content (AvgIpc) is 2.56. The Morgan fingerprint density at radius 2 is 1.62 bits per heavy atom. The molecule has 3 rings (SSSR count). The van der Waals surface area contributed by atoms with Gasteiger partial charge in [0, 0.05) is 11.5 Å². The van der Waals surface area contributed by atoms with Crippen LogP contribution >= 0.6 is 23.5 Å². The molecule has 0 spiro atoms. The first kappa shape index (κ1) is 18.4. The minimum absolute atomic E-state index is 0.0168. The number of rotatable bonds is 1. The van der Waals surface area contributed by atoms with Crippen LogP contribution in [0, 0.1) is 0 Å². The maximum Gasteiger partial charge on any atom is 0.327 e. The molecule has 0 saturated carbocycles. The molecule has 2 aliphatic heterocycles. The molecule has 1 aromatic heterocycles. The fraction of sp³-hybridized carbons (Fsp3) is 0.545. The van der Waals surface area contributed by atoms with E-state index in [4.69, 9.17) is 5.73 Å². The largest absolute Gasteiger partial charge is 0.480 e. The maximum absolute atomic E-state index is 12.0. The Hall–Kier alpha value is -1.99. The number of nitrogens with zero attached hydrogens (tertiary/aromatic N) is 4. The van der Waals surface area contributed by atoms with E-state index < -0.39 is 35.9 Å². The smallest absolute Gasteiger partial charge is 0.327 e. The van der Waals surface area contributed by atoms with E-state index in [-0.39, 0.29) is 21.8 Å². The molecule has 130 valence electrons. The molecule has 13 heteroatoms. The third-order valence-corrected chi connectivity index (χ3v) is 4.79. The summed E-state index contributed by atoms with van der Waals surface area (Å²) in [6.07, 6.45) is 0. The molecule has 3 atom stereocenters. The predicted octanol–water partition coefficient (Wildman–Crippen LogP) is -2.13. The van der Waals surface area contributed by atoms with Gasteiger partial charge in [0.1, 0.15) is 12.1 Å². The van der Waals surface area contributed by atoms with Gasteiger partial charge in [-0.2, -0.15) is 0 Å². The number of carboxylic acids is 1. The first-order valence-corrected chi connectivity index (χ1v) is 8.76. The van der Waals surface area contributed by atoms with E-state index in [1.54, 1.807) is 0 Å². The zero-order chi connectivity index (χ0) is 17.7. The summed E-state index contributed by atoms with van der Waals surface area (Å²) in [4.78, 5) is 35.3. The Morgan fingerprint density at radius 3 is 2.17 bits per heavy atom. The molecule has 11 nitrogen and oxygen atoms in total. The van der Waals surface area contributed by atoms with E-state index in [1.165, 1.54) is 6.92 Å². The van der Waals surface area contributed by atoms with Gasteiger partial charge >= 0.3 is 5.97 Å². The number of aliphatic carboxylic acids is 1. The fourth-order valence-corrected chi connectivity index (χ4v) is 3.00. The number of amides is 2. The molecule has 5 N–H and O–H groups in total. The van der Waals surface area contributed by atoms with Crippen LogP contribution in [0.2, 0.25) is 0 Å². The molecule has 0 radical (unpaired) electrons. The number of aromatic nitrogens is 4. The van der Waals surface area contributed by atoms with Crippen molar-refractivity contribution in [2.75, 3.05) is 11.5 Å². The van der Waals surface area contributed by atoms with Crippen molar-refractivity contribution in [3.63, 3.8) is 0 Å². The molecule has 1 aromatic rings. The molecule has 24 heavy (non-hydrogen) atoms. The van der Waals surface area contributed by atoms with Crippen LogP contribution in [-0.4, -0.2) is 72.9 Å². The van der Waals surface area contributed by atoms with Crippen molar-refractivity contribution < 1.29 is 19.5 Å². The Bertz CT molecular complexity index is 629. The first-order chi connectivity index (χ1) is 11.4. The highest BCUT2D eigenvalue weighted by molar-refractivity contribution is 7.99. The van der Waals surface area contributed by atoms with E-state index in [0.29, 0.717) is 0 Å². The summed E-state index contributed by atoms with van der Waals surface area (Å²) in [5, 5.41) is 29.7. The van der Waals surface area contributed by atoms with Gasteiger partial charge in [0.25, 0.3) is 0 Å². The third kappa shape index (κ3) is 5.01. The van der Waals surface area contributed by atoms with Crippen LogP contribution in [0.25, 0.3) is 0 Å². The second kappa shape index (κ2) is 8.21. The van der Waals surface area contributed by atoms with Crippen molar-refractivity contribution in [2.24, 2.45) is 5.73 Å². The minimum Gasteiger partial charge on any atom is -0.480 e. The molecule has 2 aliphatic rings. The summed E-state index contributed by atoms with van der Waals surface area (Å²) in [5.41, 5.74) is 5.75. The van der Waals surface area contributed by atoms with E-state index in [1.807, 2.05) is 0 Å². The van der Waals surface area contributed by atoms with Crippen molar-refractivity contribution in [3.8, 4) is 0 Å². The lowest BCUT2D eigenvalue weighted by molar-refractivity contribution is -0.141. The Kier molecular flexibility index (Phi) is 6.28. The van der Waals surface area contributed by atoms with E-state index in [9.17, 15) is 19.5 Å². The highest BCUT2D eigenvalue weighted by Gasteiger charge is 2.26. The number of carbonyl (C=O) groups excluding carboxylic acids is 2. The van der Waals surface area contributed by atoms with Gasteiger partial charge < -0.3 is 21.5 Å². The maximum atomic E-state index is 12.0. The van der Waals surface area contributed by atoms with E-state index >= 15 is 0 Å². The van der Waals surface area contributed by atoms with Crippen LogP contribution in [0.4, 0.5) is 0 Å². The Morgan fingerprint density at radius 1 is 1.08 bits per heavy atom. The van der Waals surface area contributed by atoms with Crippen LogP contribution in [0.1, 0.15) is 6.92 Å². The zero-order valence-corrected chi connectivity index (χ0v) is 14.1. The number of carbonyl (C=O) groups is 3. The van der Waals surface area contributed by atoms with Crippen molar-refractivity contribution in [1.82, 2.24) is 31.0 Å². The molecule has 3 heterocycles. The standard InChI is InChI=1S/C11H15N7O4S2/c1-4-7(19)14-6(9(21)22)3-24-11-17-15-10(16-18-11)23-2-5(12)8(20)13-4/h4-6H,2-3,12H2,1H3,(H,13,20)(H,14,19)(H,21,22)/t4-,5-,6-/m0/s1. The number of hydrogen-bond donors (Lipinski definition) is 4. The van der Waals surface area contributed by atoms with Gasteiger partial charge in [0.05, 0.1) is 6.04 Å². The van der Waals surface area contributed by atoms with Crippen LogP contribution in [0.3, 0.4) is 0 Å². The zero-order valence-electron chi connectivity index (χ0n) is 12.5. The summed E-state index contributed by atoms with van der Waals surface area (Å²) >= 11 is 2.10. The lowest BCUT2D eigenvalue weighted by atomic mass is 10.2. The number of fused-ring (bicyclic) bond motifs is 12. The molecule has 2 bridgehead atoms. The number of hydrogen-bond acceptors (Lipinski definition) is 10. The van der Waals surface area contributed by atoms with Crippen molar-refractivity contribution in [2.45, 2.75) is 35.4 Å². The van der Waals surface area contributed by atoms with Gasteiger partial charge in [0.2, 0.25) is 22.1 Å². The molecule has 0 unspecified atom stereocenters. The summed E-state index contributed by atoms with van der Waals surface area (Å²) in [6.45, 7) is 1.44. The predicted molar refractivity (Wildman–Crippen MR) is 84.2 cm³/mol. The second-order valence-electron chi connectivity index (χ2n) is 4.82. The quantitative estimate of drug-likeness (QED) is 0.423. The Balaban J connectivity index is 2.21. The number of nitrogens with one attached hydrogen (secondary N) is 2. The van der Waals surface area contributed by atoms with Crippen molar-refractivity contribution >= 4 is 41.3 Å². The minimum atomic E-state index is -1.22. The van der Waals surface area contributed by atoms with Gasteiger partial charge in [-0.05, 0) is 6.92 Å². The molecule has 0 fully saturated rings. The molecule has 0 aromatic carbocycles. The van der Waals surface area contributed by atoms with Crippen molar-refractivity contribution in [3.05, 3.63) is 0 Å². The number of thioether (sulfide) groups is 2. The van der Waals surface area contributed by atoms with Crippen LogP contribution in [-0.2, 0) is 14.4 Å². The molecule has 2 amide bonds. The Labute approximate surface area is 144 Å². The topological polar surface area (TPSA) is 173 Å². The van der Waals surface area contributed by atoms with Crippen LogP contribution in [0.15, 0.2) is 10.3 Å². The van der Waals surface area contributed by atoms with Gasteiger partial charge in [-0.1, -0.05) is 23.5 Å². The molecular formula is C11H15N7O4S2. The number of carboxylic acid groups (broad SMARTS) is 1. The lowest BCUT2D eigenvalue weighted by Gasteiger charge is -2.19. The van der Waals surface area contributed by atoms with Crippen molar-refractivity contribution in [1.29, 1.82) is 0 Å². The average molecular weight is 373 g/mol. The third-order valence-electron chi connectivity index (χ3n) is 2.92. The summed E-state index contributed by atoms with van der Waals surface area (Å²) in [5.74, 6) is -2.23. The van der Waals surface area contributed by atoms with Crippen LogP contribution < -0.4 is 16.4 Å². The summed E-state index contributed by atoms with van der Waals surface area (Å²) in [6, 6.07) is -3.01. The summed E-state index contributed by atoms with van der Waals surface area (Å²) in [7, 11) is 0. The van der Waals surface area contributed by atoms with Gasteiger partial charge in [-0.3, -0.25) is 9.59 Å². The summed E-state index contributed by atoms with van der Waals surface area (Å²) < 4.78 is 0. The van der Waals surface area contributed by atoms with Gasteiger partial charge in [0.15, 0.2) is 0 Å². The fourth-order valence-electron chi connectivity index (χ4n) is 1.58. The highest BCUT2D eigenvalue weighted by atomic mass is 32.2. The highest BCUT2D eigenvalue weighted by Crippen LogP contribution is 2.16.